The first-order valence-corrected chi connectivity index (χ1v) is 8.06. The Labute approximate surface area is 115 Å². The van der Waals surface area contributed by atoms with Crippen molar-refractivity contribution >= 4 is 28.4 Å². The van der Waals surface area contributed by atoms with Gasteiger partial charge in [0.05, 0.1) is 6.20 Å². The van der Waals surface area contributed by atoms with Gasteiger partial charge in [-0.1, -0.05) is 23.5 Å². The van der Waals surface area contributed by atoms with Gasteiger partial charge in [-0.15, -0.1) is 0 Å². The fraction of sp³-hybridized carbons (Fsp3) is 0.500. The molecule has 0 radical (unpaired) electrons. The molecule has 0 aliphatic carbocycles. The Morgan fingerprint density at radius 1 is 1.67 bits per heavy atom. The van der Waals surface area contributed by atoms with Crippen LogP contribution in [-0.4, -0.2) is 27.7 Å². The minimum absolute atomic E-state index is 0.132. The summed E-state index contributed by atoms with van der Waals surface area (Å²) in [7, 11) is 0. The molecule has 0 bridgehead atoms. The second-order valence-corrected chi connectivity index (χ2v) is 6.54. The molecule has 1 amide bonds. The van der Waals surface area contributed by atoms with E-state index in [0.29, 0.717) is 21.5 Å². The Morgan fingerprint density at radius 2 is 2.44 bits per heavy atom. The normalized spacial score (nSPS) is 12.8. The number of nitrogens with zero attached hydrogens (tertiary/aromatic N) is 1. The first kappa shape index (κ1) is 15.2. The lowest BCUT2D eigenvalue weighted by Crippen LogP contribution is -2.23. The lowest BCUT2D eigenvalue weighted by molar-refractivity contribution is 0.0957. The smallest absolute Gasteiger partial charge is 0.302 e. The lowest BCUT2D eigenvalue weighted by atomic mass is 10.3. The highest BCUT2D eigenvalue weighted by molar-refractivity contribution is 7.93. The van der Waals surface area contributed by atoms with Crippen molar-refractivity contribution in [1.29, 1.82) is 0 Å². The fourth-order valence-corrected chi connectivity index (χ4v) is 3.24. The van der Waals surface area contributed by atoms with Gasteiger partial charge < -0.3 is 9.87 Å². The first-order chi connectivity index (χ1) is 8.69. The van der Waals surface area contributed by atoms with Crippen LogP contribution in [0.4, 0.5) is 0 Å². The van der Waals surface area contributed by atoms with Crippen LogP contribution in [0.5, 0.6) is 0 Å². The van der Waals surface area contributed by atoms with Gasteiger partial charge in [0.25, 0.3) is 5.91 Å². The van der Waals surface area contributed by atoms with Crippen LogP contribution < -0.4 is 5.32 Å². The summed E-state index contributed by atoms with van der Waals surface area (Å²) in [6, 6.07) is 0. The highest BCUT2D eigenvalue weighted by Crippen LogP contribution is 2.19. The van der Waals surface area contributed by atoms with E-state index in [0.717, 1.165) is 12.8 Å². The van der Waals surface area contributed by atoms with Crippen LogP contribution in [0.25, 0.3) is 0 Å². The molecule has 6 heteroatoms. The Balaban J connectivity index is 2.39. The monoisotopic (exact) mass is 286 g/mol. The molecule has 0 aliphatic rings. The number of amides is 1. The van der Waals surface area contributed by atoms with Gasteiger partial charge in [0.1, 0.15) is 10.6 Å². The second kappa shape index (κ2) is 8.29. The van der Waals surface area contributed by atoms with E-state index < -0.39 is 11.2 Å². The number of carbonyl (C=O) groups excluding carboxylic acids is 1. The van der Waals surface area contributed by atoms with E-state index in [1.165, 1.54) is 17.5 Å². The van der Waals surface area contributed by atoms with E-state index in [9.17, 15) is 9.35 Å². The third-order valence-electron chi connectivity index (χ3n) is 2.23. The second-order valence-electron chi connectivity index (χ2n) is 3.59. The van der Waals surface area contributed by atoms with Crippen LogP contribution in [0.2, 0.25) is 0 Å². The molecule has 0 spiro atoms. The van der Waals surface area contributed by atoms with Gasteiger partial charge in [0.15, 0.2) is 0 Å². The molecule has 1 heterocycles. The molecular weight excluding hydrogens is 268 g/mol. The molecule has 1 aromatic rings. The van der Waals surface area contributed by atoms with Crippen LogP contribution in [-0.2, 0) is 11.2 Å². The van der Waals surface area contributed by atoms with Gasteiger partial charge in [-0.3, -0.25) is 4.79 Å². The van der Waals surface area contributed by atoms with Gasteiger partial charge in [-0.25, -0.2) is 0 Å². The number of aromatic nitrogens is 1. The molecule has 0 aliphatic heterocycles. The SMILES string of the molecule is C/C=C/CCCNC(=O)c1cnc([S+]([O-])CC)s1. The maximum atomic E-state index is 11.7. The van der Waals surface area contributed by atoms with Gasteiger partial charge in [-0.05, 0) is 26.7 Å². The molecule has 100 valence electrons. The Hall–Kier alpha value is -0.850. The number of nitrogens with one attached hydrogen (secondary N) is 1. The van der Waals surface area contributed by atoms with Gasteiger partial charge >= 0.3 is 4.34 Å². The number of allylic oxidation sites excluding steroid dienone is 2. The fourth-order valence-electron chi connectivity index (χ4n) is 1.27. The van der Waals surface area contributed by atoms with Crippen LogP contribution in [0.1, 0.15) is 36.4 Å². The summed E-state index contributed by atoms with van der Waals surface area (Å²) in [4.78, 5) is 16.3. The maximum absolute atomic E-state index is 11.7. The van der Waals surface area contributed by atoms with Crippen molar-refractivity contribution in [2.24, 2.45) is 0 Å². The van der Waals surface area contributed by atoms with Crippen molar-refractivity contribution in [2.45, 2.75) is 31.0 Å². The van der Waals surface area contributed by atoms with E-state index in [-0.39, 0.29) is 5.91 Å². The van der Waals surface area contributed by atoms with Crippen LogP contribution in [0, 0.1) is 0 Å². The summed E-state index contributed by atoms with van der Waals surface area (Å²) in [6.07, 6.45) is 7.45. The molecular formula is C12H18N2O2S2. The molecule has 4 nitrogen and oxygen atoms in total. The van der Waals surface area contributed by atoms with E-state index >= 15 is 0 Å². The molecule has 1 atom stereocenters. The minimum Gasteiger partial charge on any atom is -0.610 e. The van der Waals surface area contributed by atoms with Crippen molar-refractivity contribution in [1.82, 2.24) is 10.3 Å². The van der Waals surface area contributed by atoms with Crippen LogP contribution in [0.15, 0.2) is 22.7 Å². The third kappa shape index (κ3) is 4.80. The van der Waals surface area contributed by atoms with Crippen molar-refractivity contribution in [3.8, 4) is 0 Å². The minimum atomic E-state index is -1.08. The van der Waals surface area contributed by atoms with Crippen molar-refractivity contribution < 1.29 is 9.35 Å². The summed E-state index contributed by atoms with van der Waals surface area (Å²) < 4.78 is 12.0. The van der Waals surface area contributed by atoms with Crippen LogP contribution >= 0.6 is 11.3 Å². The lowest BCUT2D eigenvalue weighted by Gasteiger charge is -2.02. The highest BCUT2D eigenvalue weighted by Gasteiger charge is 2.17. The summed E-state index contributed by atoms with van der Waals surface area (Å²) in [5.41, 5.74) is 0. The molecule has 18 heavy (non-hydrogen) atoms. The number of carbonyl (C=O) groups is 1. The van der Waals surface area contributed by atoms with Gasteiger partial charge in [0, 0.05) is 17.7 Å². The van der Waals surface area contributed by atoms with Gasteiger partial charge in [-0.2, -0.15) is 4.98 Å². The zero-order chi connectivity index (χ0) is 13.4. The standard InChI is InChI=1S/C12H18N2O2S2/c1-3-5-6-7-8-13-11(15)10-9-14-12(17-10)18(16)4-2/h3,5,9H,4,6-8H2,1-2H3,(H,13,15)/b5-3+. The summed E-state index contributed by atoms with van der Waals surface area (Å²) in [5, 5.41) is 2.83. The Kier molecular flexibility index (Phi) is 7.00. The number of unbranched alkanes of at least 4 members (excludes halogenated alkanes) is 1. The average Bonchev–Trinajstić information content (AvgIpc) is 2.87. The first-order valence-electron chi connectivity index (χ1n) is 5.92. The number of hydrogen-bond acceptors (Lipinski definition) is 4. The largest absolute Gasteiger partial charge is 0.610 e. The Morgan fingerprint density at radius 3 is 3.11 bits per heavy atom. The molecule has 1 rings (SSSR count). The molecule has 0 saturated heterocycles. The molecule has 1 aromatic heterocycles. The number of hydrogen-bond donors (Lipinski definition) is 1. The quantitative estimate of drug-likeness (QED) is 0.475. The molecule has 1 N–H and O–H groups in total. The van der Waals surface area contributed by atoms with E-state index in [1.54, 1.807) is 0 Å². The predicted molar refractivity (Wildman–Crippen MR) is 75.4 cm³/mol. The maximum Gasteiger partial charge on any atom is 0.302 e. The molecule has 0 fully saturated rings. The highest BCUT2D eigenvalue weighted by atomic mass is 32.2. The van der Waals surface area contributed by atoms with E-state index in [1.807, 2.05) is 19.9 Å². The Bertz CT molecular complexity index is 405. The molecule has 1 unspecified atom stereocenters. The van der Waals surface area contributed by atoms with Gasteiger partial charge in [0.2, 0.25) is 0 Å². The molecule has 0 aromatic carbocycles. The summed E-state index contributed by atoms with van der Waals surface area (Å²) in [5.74, 6) is 0.394. The predicted octanol–water partition coefficient (Wildman–Crippen LogP) is 2.36. The van der Waals surface area contributed by atoms with Crippen molar-refractivity contribution in [3.05, 3.63) is 23.2 Å². The zero-order valence-corrected chi connectivity index (χ0v) is 12.3. The molecule has 0 saturated carbocycles. The van der Waals surface area contributed by atoms with Crippen LogP contribution in [0.3, 0.4) is 0 Å². The summed E-state index contributed by atoms with van der Waals surface area (Å²) in [6.45, 7) is 4.46. The zero-order valence-electron chi connectivity index (χ0n) is 10.6. The van der Waals surface area contributed by atoms with E-state index in [4.69, 9.17) is 0 Å². The number of thiazole rings is 1. The summed E-state index contributed by atoms with van der Waals surface area (Å²) >= 11 is 0.127. The van der Waals surface area contributed by atoms with E-state index in [2.05, 4.69) is 16.4 Å². The average molecular weight is 286 g/mol. The van der Waals surface area contributed by atoms with Crippen molar-refractivity contribution in [2.75, 3.05) is 12.3 Å². The number of rotatable bonds is 7. The topological polar surface area (TPSA) is 65.0 Å². The third-order valence-corrected chi connectivity index (χ3v) is 4.85. The van der Waals surface area contributed by atoms with Crippen molar-refractivity contribution in [3.63, 3.8) is 0 Å².